The fourth-order valence-corrected chi connectivity index (χ4v) is 3.17. The van der Waals surface area contributed by atoms with Crippen LogP contribution in [0.1, 0.15) is 29.8 Å². The number of hydrogen-bond donors (Lipinski definition) is 2. The molecule has 1 aromatic heterocycles. The lowest BCUT2D eigenvalue weighted by molar-refractivity contribution is 0.108. The van der Waals surface area contributed by atoms with E-state index in [-0.39, 0.29) is 17.5 Å². The van der Waals surface area contributed by atoms with E-state index in [1.807, 2.05) is 0 Å². The SMILES string of the molecule is O=Cc1ccc(S(=O)(=O)NC2(CO)CCC2)o1. The van der Waals surface area contributed by atoms with Crippen LogP contribution in [0.2, 0.25) is 0 Å². The van der Waals surface area contributed by atoms with Crippen molar-refractivity contribution in [2.45, 2.75) is 29.9 Å². The third kappa shape index (κ3) is 2.26. The van der Waals surface area contributed by atoms with E-state index in [1.165, 1.54) is 12.1 Å². The Morgan fingerprint density at radius 2 is 2.18 bits per heavy atom. The maximum atomic E-state index is 11.9. The lowest BCUT2D eigenvalue weighted by atomic mass is 9.78. The molecule has 1 aromatic rings. The molecule has 6 nitrogen and oxygen atoms in total. The van der Waals surface area contributed by atoms with Gasteiger partial charge in [-0.05, 0) is 31.4 Å². The summed E-state index contributed by atoms with van der Waals surface area (Å²) in [6, 6.07) is 2.50. The Morgan fingerprint density at radius 3 is 2.59 bits per heavy atom. The number of sulfonamides is 1. The van der Waals surface area contributed by atoms with Crippen LogP contribution in [-0.2, 0) is 10.0 Å². The summed E-state index contributed by atoms with van der Waals surface area (Å²) < 4.78 is 31.1. The minimum Gasteiger partial charge on any atom is -0.440 e. The average Bonchev–Trinajstić information content (AvgIpc) is 2.72. The summed E-state index contributed by atoms with van der Waals surface area (Å²) in [6.45, 7) is -0.243. The van der Waals surface area contributed by atoms with Crippen LogP contribution in [0.15, 0.2) is 21.6 Å². The highest BCUT2D eigenvalue weighted by molar-refractivity contribution is 7.89. The summed E-state index contributed by atoms with van der Waals surface area (Å²) in [4.78, 5) is 10.4. The van der Waals surface area contributed by atoms with Gasteiger partial charge in [0.1, 0.15) is 0 Å². The van der Waals surface area contributed by atoms with Crippen molar-refractivity contribution < 1.29 is 22.7 Å². The molecule has 2 rings (SSSR count). The summed E-state index contributed by atoms with van der Waals surface area (Å²) in [7, 11) is -3.82. The lowest BCUT2D eigenvalue weighted by Crippen LogP contribution is -2.55. The Kier molecular flexibility index (Phi) is 3.07. The van der Waals surface area contributed by atoms with Gasteiger partial charge in [-0.15, -0.1) is 0 Å². The molecular weight excluding hydrogens is 246 g/mol. The van der Waals surface area contributed by atoms with Crippen LogP contribution in [0.3, 0.4) is 0 Å². The molecule has 7 heteroatoms. The first-order valence-corrected chi connectivity index (χ1v) is 6.69. The monoisotopic (exact) mass is 259 g/mol. The Hall–Kier alpha value is -1.18. The number of nitrogens with one attached hydrogen (secondary N) is 1. The van der Waals surface area contributed by atoms with Crippen LogP contribution >= 0.6 is 0 Å². The molecule has 94 valence electrons. The predicted octanol–water partition coefficient (Wildman–Crippen LogP) is 0.285. The molecule has 0 aromatic carbocycles. The number of carbonyl (C=O) groups is 1. The van der Waals surface area contributed by atoms with E-state index in [1.54, 1.807) is 0 Å². The Balaban J connectivity index is 2.21. The van der Waals surface area contributed by atoms with Crippen LogP contribution in [0.4, 0.5) is 0 Å². The van der Waals surface area contributed by atoms with Crippen molar-refractivity contribution in [2.75, 3.05) is 6.61 Å². The number of aldehydes is 1. The minimum absolute atomic E-state index is 0.0444. The smallest absolute Gasteiger partial charge is 0.274 e. The van der Waals surface area contributed by atoms with E-state index in [2.05, 4.69) is 4.72 Å². The molecule has 0 saturated heterocycles. The van der Waals surface area contributed by atoms with Crippen molar-refractivity contribution in [3.05, 3.63) is 17.9 Å². The summed E-state index contributed by atoms with van der Waals surface area (Å²) in [5.41, 5.74) is -0.771. The topological polar surface area (TPSA) is 96.6 Å². The van der Waals surface area contributed by atoms with Gasteiger partial charge < -0.3 is 9.52 Å². The molecular formula is C10H13NO5S. The molecule has 0 radical (unpaired) electrons. The molecule has 1 heterocycles. The van der Waals surface area contributed by atoms with Gasteiger partial charge in [-0.3, -0.25) is 4.79 Å². The van der Waals surface area contributed by atoms with Crippen molar-refractivity contribution in [2.24, 2.45) is 0 Å². The second kappa shape index (κ2) is 4.25. The van der Waals surface area contributed by atoms with Crippen molar-refractivity contribution >= 4 is 16.3 Å². The first kappa shape index (κ1) is 12.3. The van der Waals surface area contributed by atoms with E-state index in [4.69, 9.17) is 4.42 Å². The third-order valence-corrected chi connectivity index (χ3v) is 4.40. The van der Waals surface area contributed by atoms with Crippen molar-refractivity contribution in [1.82, 2.24) is 4.72 Å². The van der Waals surface area contributed by atoms with E-state index in [9.17, 15) is 18.3 Å². The summed E-state index contributed by atoms with van der Waals surface area (Å²) in [6.07, 6.45) is 2.51. The van der Waals surface area contributed by atoms with Gasteiger partial charge in [0.05, 0.1) is 12.1 Å². The molecule has 1 aliphatic rings. The second-order valence-corrected chi connectivity index (χ2v) is 5.79. The highest BCUT2D eigenvalue weighted by Gasteiger charge is 2.41. The van der Waals surface area contributed by atoms with E-state index >= 15 is 0 Å². The average molecular weight is 259 g/mol. The van der Waals surface area contributed by atoms with Crippen molar-refractivity contribution in [3.63, 3.8) is 0 Å². The molecule has 17 heavy (non-hydrogen) atoms. The lowest BCUT2D eigenvalue weighted by Gasteiger charge is -2.40. The minimum atomic E-state index is -3.82. The first-order valence-electron chi connectivity index (χ1n) is 5.21. The highest BCUT2D eigenvalue weighted by atomic mass is 32.2. The fraction of sp³-hybridized carbons (Fsp3) is 0.500. The van der Waals surface area contributed by atoms with Gasteiger partial charge in [0.25, 0.3) is 10.0 Å². The largest absolute Gasteiger partial charge is 0.440 e. The standard InChI is InChI=1S/C10H13NO5S/c12-6-8-2-3-9(16-8)17(14,15)11-10(7-13)4-1-5-10/h2-3,6,11,13H,1,4-5,7H2. The van der Waals surface area contributed by atoms with Crippen LogP contribution in [0.5, 0.6) is 0 Å². The molecule has 0 aliphatic heterocycles. The Labute approximate surface area is 98.7 Å². The number of furan rings is 1. The highest BCUT2D eigenvalue weighted by Crippen LogP contribution is 2.32. The Morgan fingerprint density at radius 1 is 1.47 bits per heavy atom. The number of aliphatic hydroxyl groups excluding tert-OH is 1. The Bertz CT molecular complexity index is 509. The maximum absolute atomic E-state index is 11.9. The number of hydrogen-bond acceptors (Lipinski definition) is 5. The molecule has 2 N–H and O–H groups in total. The summed E-state index contributed by atoms with van der Waals surface area (Å²) in [5, 5.41) is 8.88. The predicted molar refractivity (Wildman–Crippen MR) is 58.1 cm³/mol. The molecule has 0 bridgehead atoms. The molecule has 1 saturated carbocycles. The third-order valence-electron chi connectivity index (χ3n) is 2.95. The van der Waals surface area contributed by atoms with Gasteiger partial charge in [-0.25, -0.2) is 13.1 Å². The van der Waals surface area contributed by atoms with Gasteiger partial charge in [-0.2, -0.15) is 0 Å². The van der Waals surface area contributed by atoms with Gasteiger partial charge in [0.2, 0.25) is 5.09 Å². The maximum Gasteiger partial charge on any atom is 0.274 e. The quantitative estimate of drug-likeness (QED) is 0.741. The van der Waals surface area contributed by atoms with E-state index in [0.717, 1.165) is 6.42 Å². The van der Waals surface area contributed by atoms with E-state index in [0.29, 0.717) is 19.1 Å². The second-order valence-electron chi connectivity index (χ2n) is 4.17. The van der Waals surface area contributed by atoms with Gasteiger partial charge in [0, 0.05) is 0 Å². The van der Waals surface area contributed by atoms with Crippen molar-refractivity contribution in [3.8, 4) is 0 Å². The summed E-state index contributed by atoms with van der Waals surface area (Å²) >= 11 is 0. The molecule has 0 amide bonds. The fourth-order valence-electron chi connectivity index (χ4n) is 1.77. The summed E-state index contributed by atoms with van der Waals surface area (Å²) in [5.74, 6) is -0.0444. The normalized spacial score (nSPS) is 18.6. The number of carbonyl (C=O) groups excluding carboxylic acids is 1. The van der Waals surface area contributed by atoms with Crippen LogP contribution in [-0.4, -0.2) is 32.0 Å². The zero-order valence-corrected chi connectivity index (χ0v) is 9.87. The van der Waals surface area contributed by atoms with Gasteiger partial charge in [-0.1, -0.05) is 0 Å². The van der Waals surface area contributed by atoms with Crippen molar-refractivity contribution in [1.29, 1.82) is 0 Å². The zero-order valence-electron chi connectivity index (χ0n) is 9.05. The van der Waals surface area contributed by atoms with E-state index < -0.39 is 15.6 Å². The molecule has 1 aliphatic carbocycles. The van der Waals surface area contributed by atoms with Crippen LogP contribution in [0, 0.1) is 0 Å². The number of rotatable bonds is 5. The van der Waals surface area contributed by atoms with Crippen LogP contribution < -0.4 is 4.72 Å². The first-order chi connectivity index (χ1) is 8.01. The molecule has 0 unspecified atom stereocenters. The zero-order chi connectivity index (χ0) is 12.5. The molecule has 0 atom stereocenters. The van der Waals surface area contributed by atoms with Gasteiger partial charge in [0.15, 0.2) is 12.0 Å². The molecule has 0 spiro atoms. The van der Waals surface area contributed by atoms with Crippen LogP contribution in [0.25, 0.3) is 0 Å². The van der Waals surface area contributed by atoms with Gasteiger partial charge >= 0.3 is 0 Å². The molecule has 1 fully saturated rings. The number of aliphatic hydroxyl groups is 1.